The summed E-state index contributed by atoms with van der Waals surface area (Å²) in [5.74, 6) is 0. The minimum atomic E-state index is -1.40. The molecule has 0 saturated heterocycles. The van der Waals surface area contributed by atoms with Crippen molar-refractivity contribution in [3.8, 4) is 0 Å². The molecule has 0 unspecified atom stereocenters. The zero-order valence-corrected chi connectivity index (χ0v) is 10.0. The maximum atomic E-state index is 8.54. The highest BCUT2D eigenvalue weighted by Crippen LogP contribution is 2.21. The Kier molecular flexibility index (Phi) is 7.23. The largest absolute Gasteiger partial charge is 0.413 e. The maximum absolute atomic E-state index is 8.54. The van der Waals surface area contributed by atoms with Crippen LogP contribution in [0.4, 0.5) is 0 Å². The lowest BCUT2D eigenvalue weighted by molar-refractivity contribution is 0.330. The van der Waals surface area contributed by atoms with Crippen LogP contribution < -0.4 is 0 Å². The van der Waals surface area contributed by atoms with Crippen LogP contribution in [0.3, 0.4) is 0 Å². The van der Waals surface area contributed by atoms with E-state index in [9.17, 15) is 0 Å². The van der Waals surface area contributed by atoms with Crippen LogP contribution in [0.15, 0.2) is 12.2 Å². The fourth-order valence-corrected chi connectivity index (χ4v) is 3.99. The average molecular weight is 202 g/mol. The molecule has 0 fully saturated rings. The Balaban J connectivity index is 3.88. The molecule has 0 aromatic heterocycles. The molecule has 78 valence electrons. The molecular formula is C10H22O2Si. The predicted molar refractivity (Wildman–Crippen MR) is 59.4 cm³/mol. The van der Waals surface area contributed by atoms with Gasteiger partial charge < -0.3 is 9.53 Å². The summed E-state index contributed by atoms with van der Waals surface area (Å²) in [6.45, 7) is 7.43. The first-order chi connectivity index (χ1) is 6.24. The second-order valence-corrected chi connectivity index (χ2v) is 7.98. The molecule has 2 nitrogen and oxygen atoms in total. The summed E-state index contributed by atoms with van der Waals surface area (Å²) in [5.41, 5.74) is 0. The first-order valence-electron chi connectivity index (χ1n) is 5.14. The molecule has 0 rings (SSSR count). The predicted octanol–water partition coefficient (Wildman–Crippen LogP) is 2.56. The van der Waals surface area contributed by atoms with Gasteiger partial charge in [0.15, 0.2) is 8.32 Å². The van der Waals surface area contributed by atoms with E-state index in [0.717, 1.165) is 0 Å². The molecular weight excluding hydrogens is 180 g/mol. The van der Waals surface area contributed by atoms with Gasteiger partial charge in [-0.1, -0.05) is 32.9 Å². The summed E-state index contributed by atoms with van der Waals surface area (Å²) in [4.78, 5) is 0. The van der Waals surface area contributed by atoms with Crippen LogP contribution in [0, 0.1) is 0 Å². The van der Waals surface area contributed by atoms with Crippen molar-refractivity contribution >= 4 is 8.32 Å². The van der Waals surface area contributed by atoms with E-state index < -0.39 is 8.32 Å². The molecule has 1 N–H and O–H groups in total. The number of aliphatic hydroxyl groups excluding tert-OH is 1. The maximum Gasteiger partial charge on any atom is 0.192 e. The van der Waals surface area contributed by atoms with Crippen molar-refractivity contribution in [1.82, 2.24) is 0 Å². The number of rotatable bonds is 7. The first-order valence-corrected chi connectivity index (χ1v) is 7.67. The lowest BCUT2D eigenvalue weighted by Crippen LogP contribution is -2.35. The van der Waals surface area contributed by atoms with E-state index in [4.69, 9.17) is 9.53 Å². The fraction of sp³-hybridized carbons (Fsp3) is 0.800. The van der Waals surface area contributed by atoms with Gasteiger partial charge in [-0.25, -0.2) is 0 Å². The van der Waals surface area contributed by atoms with Crippen molar-refractivity contribution in [3.63, 3.8) is 0 Å². The Hall–Kier alpha value is -0.123. The molecule has 0 aromatic carbocycles. The van der Waals surface area contributed by atoms with Crippen molar-refractivity contribution in [1.29, 1.82) is 0 Å². The Labute approximate surface area is 82.7 Å². The van der Waals surface area contributed by atoms with Crippen molar-refractivity contribution < 1.29 is 9.53 Å². The molecule has 3 heteroatoms. The van der Waals surface area contributed by atoms with Crippen LogP contribution in [0.1, 0.15) is 20.8 Å². The molecule has 13 heavy (non-hydrogen) atoms. The second-order valence-electron chi connectivity index (χ2n) is 3.21. The van der Waals surface area contributed by atoms with Gasteiger partial charge in [-0.15, -0.1) is 0 Å². The van der Waals surface area contributed by atoms with Crippen LogP contribution in [0.5, 0.6) is 0 Å². The normalized spacial score (nSPS) is 12.6. The first kappa shape index (κ1) is 12.9. The van der Waals surface area contributed by atoms with Crippen molar-refractivity contribution in [2.24, 2.45) is 0 Å². The van der Waals surface area contributed by atoms with Crippen LogP contribution in [0.2, 0.25) is 18.1 Å². The summed E-state index contributed by atoms with van der Waals surface area (Å²) in [7, 11) is -1.40. The zero-order valence-electron chi connectivity index (χ0n) is 9.05. The van der Waals surface area contributed by atoms with E-state index in [2.05, 4.69) is 20.8 Å². The molecule has 0 spiro atoms. The third kappa shape index (κ3) is 4.60. The quantitative estimate of drug-likeness (QED) is 0.508. The summed E-state index contributed by atoms with van der Waals surface area (Å²) < 4.78 is 5.92. The van der Waals surface area contributed by atoms with Gasteiger partial charge in [-0.05, 0) is 18.1 Å². The molecule has 0 aliphatic carbocycles. The Morgan fingerprint density at radius 2 is 1.62 bits per heavy atom. The highest BCUT2D eigenvalue weighted by molar-refractivity contribution is 6.73. The molecule has 0 radical (unpaired) electrons. The van der Waals surface area contributed by atoms with E-state index in [0.29, 0.717) is 6.61 Å². The highest BCUT2D eigenvalue weighted by Gasteiger charge is 2.27. The number of hydrogen-bond donors (Lipinski definition) is 1. The Morgan fingerprint density at radius 3 is 2.00 bits per heavy atom. The van der Waals surface area contributed by atoms with Crippen LogP contribution in [-0.4, -0.2) is 26.6 Å². The van der Waals surface area contributed by atoms with Gasteiger partial charge in [0.2, 0.25) is 0 Å². The van der Waals surface area contributed by atoms with Crippen LogP contribution in [-0.2, 0) is 4.43 Å². The highest BCUT2D eigenvalue weighted by atomic mass is 28.4. The van der Waals surface area contributed by atoms with Gasteiger partial charge in [-0.2, -0.15) is 0 Å². The van der Waals surface area contributed by atoms with E-state index in [1.54, 1.807) is 6.08 Å². The van der Waals surface area contributed by atoms with Crippen molar-refractivity contribution in [2.75, 3.05) is 13.2 Å². The van der Waals surface area contributed by atoms with E-state index >= 15 is 0 Å². The topological polar surface area (TPSA) is 29.5 Å². The van der Waals surface area contributed by atoms with E-state index in [1.807, 2.05) is 6.08 Å². The number of aliphatic hydroxyl groups is 1. The van der Waals surface area contributed by atoms with Crippen LogP contribution >= 0.6 is 0 Å². The average Bonchev–Trinajstić information content (AvgIpc) is 2.20. The van der Waals surface area contributed by atoms with E-state index in [1.165, 1.54) is 18.1 Å². The SMILES string of the molecule is CC[Si](CC)(CC)OCC=CCO. The molecule has 0 saturated carbocycles. The van der Waals surface area contributed by atoms with Gasteiger partial charge in [0.1, 0.15) is 0 Å². The molecule has 0 amide bonds. The van der Waals surface area contributed by atoms with Crippen LogP contribution in [0.25, 0.3) is 0 Å². The lowest BCUT2D eigenvalue weighted by atomic mass is 10.5. The molecule has 0 aliphatic rings. The molecule has 0 heterocycles. The van der Waals surface area contributed by atoms with Gasteiger partial charge in [0.05, 0.1) is 13.2 Å². The molecule has 0 atom stereocenters. The minimum absolute atomic E-state index is 0.113. The fourth-order valence-electron chi connectivity index (χ4n) is 1.42. The lowest BCUT2D eigenvalue weighted by Gasteiger charge is -2.27. The second kappa shape index (κ2) is 7.30. The van der Waals surface area contributed by atoms with Crippen molar-refractivity contribution in [3.05, 3.63) is 12.2 Å². The van der Waals surface area contributed by atoms with Gasteiger partial charge >= 0.3 is 0 Å². The van der Waals surface area contributed by atoms with Gasteiger partial charge in [0, 0.05) is 0 Å². The third-order valence-corrected chi connectivity index (χ3v) is 7.34. The summed E-state index contributed by atoms with van der Waals surface area (Å²) in [5, 5.41) is 8.54. The molecule has 0 aromatic rings. The van der Waals surface area contributed by atoms with Crippen molar-refractivity contribution in [2.45, 2.75) is 38.9 Å². The number of hydrogen-bond acceptors (Lipinski definition) is 2. The smallest absolute Gasteiger partial charge is 0.192 e. The molecule has 0 bridgehead atoms. The molecule has 0 aliphatic heterocycles. The minimum Gasteiger partial charge on any atom is -0.413 e. The standard InChI is InChI=1S/C10H22O2Si/c1-4-13(5-2,6-3)12-10-8-7-9-11/h7-8,11H,4-6,9-10H2,1-3H3. The van der Waals surface area contributed by atoms with E-state index in [-0.39, 0.29) is 6.61 Å². The Morgan fingerprint density at radius 1 is 1.08 bits per heavy atom. The zero-order chi connectivity index (χ0) is 10.2. The summed E-state index contributed by atoms with van der Waals surface area (Å²) >= 11 is 0. The monoisotopic (exact) mass is 202 g/mol. The van der Waals surface area contributed by atoms with Gasteiger partial charge in [-0.3, -0.25) is 0 Å². The summed E-state index contributed by atoms with van der Waals surface area (Å²) in [6, 6.07) is 3.56. The van der Waals surface area contributed by atoms with Gasteiger partial charge in [0.25, 0.3) is 0 Å². The third-order valence-electron chi connectivity index (χ3n) is 2.69. The summed E-state index contributed by atoms with van der Waals surface area (Å²) in [6.07, 6.45) is 3.64. The Bertz CT molecular complexity index is 134.